The fraction of sp³-hybridized carbons (Fsp3) is 0.406. The molecule has 4 aromatic rings. The third-order valence-electron chi connectivity index (χ3n) is 9.36. The maximum atomic E-state index is 11.7. The van der Waals surface area contributed by atoms with E-state index in [4.69, 9.17) is 30.8 Å². The minimum atomic E-state index is -1.03. The zero-order chi connectivity index (χ0) is 29.3. The maximum Gasteiger partial charge on any atom is 0.335 e. The molecule has 4 atom stereocenters. The Morgan fingerprint density at radius 2 is 1.95 bits per heavy atom. The van der Waals surface area contributed by atoms with E-state index in [1.54, 1.807) is 24.4 Å². The monoisotopic (exact) mass is 601 g/mol. The van der Waals surface area contributed by atoms with Gasteiger partial charge in [-0.3, -0.25) is 9.88 Å². The van der Waals surface area contributed by atoms with Crippen LogP contribution in [0.15, 0.2) is 54.7 Å². The Hall–Kier alpha value is -3.86. The van der Waals surface area contributed by atoms with Crippen molar-refractivity contribution in [3.8, 4) is 11.5 Å². The molecule has 5 heterocycles. The summed E-state index contributed by atoms with van der Waals surface area (Å²) < 4.78 is 20.8. The van der Waals surface area contributed by atoms with Crippen molar-refractivity contribution in [2.75, 3.05) is 24.6 Å². The van der Waals surface area contributed by atoms with E-state index in [1.807, 2.05) is 31.2 Å². The predicted molar refractivity (Wildman–Crippen MR) is 160 cm³/mol. The number of para-hydroxylation sites is 1. The molecule has 1 aliphatic carbocycles. The van der Waals surface area contributed by atoms with E-state index in [2.05, 4.69) is 25.4 Å². The number of hydrogen-bond donors (Lipinski definition) is 1. The van der Waals surface area contributed by atoms with E-state index in [0.29, 0.717) is 41.6 Å². The molecule has 3 unspecified atom stereocenters. The number of rotatable bonds is 7. The summed E-state index contributed by atoms with van der Waals surface area (Å²) in [6.45, 7) is 5.74. The van der Waals surface area contributed by atoms with Gasteiger partial charge in [-0.25, -0.2) is 9.78 Å². The molecule has 8 rings (SSSR count). The fourth-order valence-corrected chi connectivity index (χ4v) is 6.96. The van der Waals surface area contributed by atoms with Crippen molar-refractivity contribution in [1.82, 2.24) is 19.4 Å². The first-order chi connectivity index (χ1) is 20.9. The third-order valence-corrected chi connectivity index (χ3v) is 9.58. The van der Waals surface area contributed by atoms with Gasteiger partial charge in [-0.1, -0.05) is 17.7 Å². The lowest BCUT2D eigenvalue weighted by atomic mass is 9.81. The number of benzene rings is 2. The number of aromatic carboxylic acids is 1. The molecule has 0 amide bonds. The summed E-state index contributed by atoms with van der Waals surface area (Å²) in [5.74, 6) is 0.444. The van der Waals surface area contributed by atoms with Crippen LogP contribution < -0.4 is 14.4 Å². The van der Waals surface area contributed by atoms with Gasteiger partial charge in [-0.05, 0) is 61.7 Å². The van der Waals surface area contributed by atoms with Gasteiger partial charge in [0.25, 0.3) is 5.79 Å². The highest BCUT2D eigenvalue weighted by Gasteiger charge is 2.47. The van der Waals surface area contributed by atoms with Crippen LogP contribution in [-0.4, -0.2) is 68.4 Å². The zero-order valence-corrected chi connectivity index (χ0v) is 24.5. The van der Waals surface area contributed by atoms with E-state index in [-0.39, 0.29) is 11.7 Å². The number of fused-ring (bicyclic) bond motifs is 3. The molecule has 2 saturated heterocycles. The minimum absolute atomic E-state index is 0.133. The van der Waals surface area contributed by atoms with Gasteiger partial charge in [0, 0.05) is 44.9 Å². The van der Waals surface area contributed by atoms with Crippen molar-refractivity contribution >= 4 is 34.3 Å². The zero-order valence-electron chi connectivity index (χ0n) is 23.8. The summed E-state index contributed by atoms with van der Waals surface area (Å²) >= 11 is 6.07. The van der Waals surface area contributed by atoms with Gasteiger partial charge >= 0.3 is 5.97 Å². The van der Waals surface area contributed by atoms with E-state index >= 15 is 0 Å². The van der Waals surface area contributed by atoms with Gasteiger partial charge in [-0.2, -0.15) is 0 Å². The van der Waals surface area contributed by atoms with Crippen LogP contribution in [0.25, 0.3) is 11.0 Å². The Labute approximate surface area is 253 Å². The van der Waals surface area contributed by atoms with Gasteiger partial charge in [0.15, 0.2) is 11.5 Å². The largest absolute Gasteiger partial charge is 0.478 e. The second-order valence-electron chi connectivity index (χ2n) is 11.9. The normalized spacial score (nSPS) is 26.2. The average Bonchev–Trinajstić information content (AvgIpc) is 3.48. The summed E-state index contributed by atoms with van der Waals surface area (Å²) in [7, 11) is 0. The highest BCUT2D eigenvalue weighted by Crippen LogP contribution is 2.51. The van der Waals surface area contributed by atoms with Crippen LogP contribution in [0.3, 0.4) is 0 Å². The lowest BCUT2D eigenvalue weighted by Gasteiger charge is -2.54. The second-order valence-corrected chi connectivity index (χ2v) is 12.4. The lowest BCUT2D eigenvalue weighted by molar-refractivity contribution is -0.0717. The molecule has 4 aliphatic rings. The van der Waals surface area contributed by atoms with E-state index in [1.165, 1.54) is 0 Å². The van der Waals surface area contributed by atoms with E-state index in [9.17, 15) is 9.90 Å². The van der Waals surface area contributed by atoms with E-state index in [0.717, 1.165) is 67.3 Å². The lowest BCUT2D eigenvalue weighted by Crippen LogP contribution is -2.64. The highest BCUT2D eigenvalue weighted by atomic mass is 35.5. The smallest absolute Gasteiger partial charge is 0.335 e. The first-order valence-electron chi connectivity index (χ1n) is 14.8. The second kappa shape index (κ2) is 10.1. The Bertz CT molecular complexity index is 1720. The molecule has 43 heavy (non-hydrogen) atoms. The molecular formula is C32H32ClN5O5. The minimum Gasteiger partial charge on any atom is -0.478 e. The van der Waals surface area contributed by atoms with Crippen LogP contribution >= 0.6 is 11.6 Å². The predicted octanol–water partition coefficient (Wildman–Crippen LogP) is 5.07. The molecule has 2 aromatic carbocycles. The summed E-state index contributed by atoms with van der Waals surface area (Å²) in [6.07, 6.45) is 4.94. The fourth-order valence-electron chi connectivity index (χ4n) is 6.85. The number of hydrogen-bond acceptors (Lipinski definition) is 8. The number of carboxylic acids is 1. The first-order valence-corrected chi connectivity index (χ1v) is 15.2. The molecular weight excluding hydrogens is 570 g/mol. The van der Waals surface area contributed by atoms with Gasteiger partial charge in [-0.15, -0.1) is 0 Å². The van der Waals surface area contributed by atoms with E-state index < -0.39 is 11.8 Å². The third kappa shape index (κ3) is 4.51. The number of imidazole rings is 1. The summed E-state index contributed by atoms with van der Waals surface area (Å²) in [5.41, 5.74) is 3.64. The van der Waals surface area contributed by atoms with Gasteiger partial charge in [0.05, 0.1) is 46.5 Å². The van der Waals surface area contributed by atoms with Gasteiger partial charge in [0.1, 0.15) is 11.5 Å². The van der Waals surface area contributed by atoms with Crippen LogP contribution in [0, 0.1) is 0 Å². The van der Waals surface area contributed by atoms with Crippen LogP contribution in [0.1, 0.15) is 48.1 Å². The maximum absolute atomic E-state index is 11.7. The Morgan fingerprint density at radius 1 is 1.09 bits per heavy atom. The van der Waals surface area contributed by atoms with Crippen LogP contribution in [0.2, 0.25) is 5.02 Å². The molecule has 3 fully saturated rings. The molecule has 11 heteroatoms. The number of anilines is 1. The first kappa shape index (κ1) is 26.7. The van der Waals surface area contributed by atoms with Crippen molar-refractivity contribution < 1.29 is 24.1 Å². The van der Waals surface area contributed by atoms with Crippen molar-refractivity contribution in [2.24, 2.45) is 0 Å². The Kier molecular flexibility index (Phi) is 6.29. The average molecular weight is 602 g/mol. The summed E-state index contributed by atoms with van der Waals surface area (Å²) in [5, 5.41) is 10.2. The van der Waals surface area contributed by atoms with Crippen molar-refractivity contribution in [1.29, 1.82) is 0 Å². The number of aromatic nitrogens is 3. The highest BCUT2D eigenvalue weighted by molar-refractivity contribution is 6.30. The standard InChI is InChI=1S/C32H32ClN5O5/c1-32(28-10-6-20(33)16-34-28)42-27-4-2-3-25(30(27)43-32)37-13-12-36(23-8-9-24(23)37)18-29-35-22-7-5-19(31(39)40)15-26(22)38(29)17-21-11-14-41-21/h2-7,10,15-16,21,23-24H,8-9,11-14,17-18H2,1H3,(H,39,40)/t21-,23?,24?,32?/m0/s1. The molecule has 1 N–H and O–H groups in total. The number of nitrogens with zero attached hydrogens (tertiary/aromatic N) is 5. The topological polar surface area (TPSA) is 102 Å². The molecule has 222 valence electrons. The molecule has 10 nitrogen and oxygen atoms in total. The van der Waals surface area contributed by atoms with Crippen LogP contribution in [0.4, 0.5) is 5.69 Å². The molecule has 3 aliphatic heterocycles. The quantitative estimate of drug-likeness (QED) is 0.311. The van der Waals surface area contributed by atoms with Gasteiger partial charge in [0.2, 0.25) is 0 Å². The SMILES string of the molecule is CC1(c2ccc(Cl)cn2)Oc2cccc(N3CCN(Cc4nc5ccc(C(=O)O)cc5n4C[C@@H]4CCO4)C4CCC43)c2O1. The number of carboxylic acid groups (broad SMARTS) is 1. The number of halogens is 1. The van der Waals surface area contributed by atoms with Crippen molar-refractivity contribution in [3.05, 3.63) is 76.8 Å². The summed E-state index contributed by atoms with van der Waals surface area (Å²) in [6, 6.07) is 15.6. The number of pyridine rings is 1. The van der Waals surface area contributed by atoms with Crippen LogP contribution in [0.5, 0.6) is 11.5 Å². The Morgan fingerprint density at radius 3 is 2.67 bits per heavy atom. The van der Waals surface area contributed by atoms with Crippen molar-refractivity contribution in [2.45, 2.75) is 63.3 Å². The molecule has 2 aromatic heterocycles. The molecule has 0 bridgehead atoms. The molecule has 0 radical (unpaired) electrons. The Balaban J connectivity index is 1.05. The molecule has 0 spiro atoms. The number of carbonyl (C=O) groups is 1. The summed E-state index contributed by atoms with van der Waals surface area (Å²) in [4.78, 5) is 26.2. The van der Waals surface area contributed by atoms with Gasteiger partial charge < -0.3 is 28.8 Å². The number of ether oxygens (including phenoxy) is 3. The van der Waals surface area contributed by atoms with Crippen LogP contribution in [-0.2, 0) is 23.6 Å². The van der Waals surface area contributed by atoms with Crippen molar-refractivity contribution in [3.63, 3.8) is 0 Å². The number of piperazine rings is 1. The molecule has 1 saturated carbocycles.